The van der Waals surface area contributed by atoms with Crippen LogP contribution in [0.2, 0.25) is 0 Å². The van der Waals surface area contributed by atoms with Crippen LogP contribution in [0.25, 0.3) is 0 Å². The van der Waals surface area contributed by atoms with Crippen LogP contribution in [0, 0.1) is 0 Å². The Balaban J connectivity index is 0.00000300. The summed E-state index contributed by atoms with van der Waals surface area (Å²) in [5.41, 5.74) is 6.18. The van der Waals surface area contributed by atoms with Crippen molar-refractivity contribution in [3.05, 3.63) is 53.6 Å². The van der Waals surface area contributed by atoms with Gasteiger partial charge in [-0.25, -0.2) is 0 Å². The summed E-state index contributed by atoms with van der Waals surface area (Å²) in [6.45, 7) is 0.305. The van der Waals surface area contributed by atoms with Crippen LogP contribution in [-0.4, -0.2) is 26.7 Å². The third kappa shape index (κ3) is 5.46. The number of benzene rings is 2. The number of nitrogens with two attached hydrogens (primary N) is 1. The van der Waals surface area contributed by atoms with Gasteiger partial charge in [-0.3, -0.25) is 4.99 Å². The largest absolute Gasteiger partial charge is 0.497 e. The molecule has 0 amide bonds. The van der Waals surface area contributed by atoms with Gasteiger partial charge < -0.3 is 20.5 Å². The predicted molar refractivity (Wildman–Crippen MR) is 117 cm³/mol. The molecule has 0 spiro atoms. The Morgan fingerprint density at radius 3 is 2.45 bits per heavy atom. The molecule has 1 saturated carbocycles. The van der Waals surface area contributed by atoms with Crippen molar-refractivity contribution in [3.63, 3.8) is 0 Å². The van der Waals surface area contributed by atoms with E-state index >= 15 is 0 Å². The predicted octanol–water partition coefficient (Wildman–Crippen LogP) is 4.80. The number of alkyl halides is 3. The third-order valence-corrected chi connectivity index (χ3v) is 4.88. The second kappa shape index (κ2) is 9.10. The molecule has 0 aliphatic heterocycles. The van der Waals surface area contributed by atoms with Crippen LogP contribution in [0.4, 0.5) is 18.9 Å². The number of halogens is 4. The second-order valence-electron chi connectivity index (χ2n) is 6.75. The average Bonchev–Trinajstić information content (AvgIpc) is 3.47. The Kier molecular flexibility index (Phi) is 7.25. The number of rotatable bonds is 6. The fourth-order valence-electron chi connectivity index (χ4n) is 3.04. The number of methoxy groups -OCH3 is 2. The molecule has 29 heavy (non-hydrogen) atoms. The molecule has 0 unspecified atom stereocenters. The summed E-state index contributed by atoms with van der Waals surface area (Å²) in [6, 6.07) is 10.6. The summed E-state index contributed by atoms with van der Waals surface area (Å²) in [5, 5.41) is 2.97. The van der Waals surface area contributed by atoms with Gasteiger partial charge in [-0.05, 0) is 36.6 Å². The smallest absolute Gasteiger partial charge is 0.416 e. The topological polar surface area (TPSA) is 68.9 Å². The Morgan fingerprint density at radius 1 is 1.14 bits per heavy atom. The first-order valence-corrected chi connectivity index (χ1v) is 8.74. The van der Waals surface area contributed by atoms with Gasteiger partial charge in [-0.15, -0.1) is 24.0 Å². The zero-order valence-corrected chi connectivity index (χ0v) is 18.4. The number of guanidine groups is 1. The highest BCUT2D eigenvalue weighted by molar-refractivity contribution is 14.0. The molecule has 0 aromatic heterocycles. The van der Waals surface area contributed by atoms with Gasteiger partial charge in [0.1, 0.15) is 11.5 Å². The fraction of sp³-hybridized carbons (Fsp3) is 0.350. The fourth-order valence-corrected chi connectivity index (χ4v) is 3.04. The van der Waals surface area contributed by atoms with Crippen molar-refractivity contribution in [3.8, 4) is 11.5 Å². The van der Waals surface area contributed by atoms with E-state index in [1.165, 1.54) is 19.2 Å². The summed E-state index contributed by atoms with van der Waals surface area (Å²) in [6.07, 6.45) is -2.82. The number of hydrogen-bond donors (Lipinski definition) is 2. The normalized spacial score (nSPS) is 15.3. The van der Waals surface area contributed by atoms with Crippen molar-refractivity contribution in [2.24, 2.45) is 10.7 Å². The SMILES string of the molecule is COc1ccc(OC)c(NC(N)=NCC2(c3cccc(C(F)(F)F)c3)CC2)c1.I. The zero-order valence-electron chi connectivity index (χ0n) is 16.0. The molecule has 0 atom stereocenters. The van der Waals surface area contributed by atoms with Crippen molar-refractivity contribution in [1.29, 1.82) is 0 Å². The lowest BCUT2D eigenvalue weighted by atomic mass is 9.94. The molecular weight excluding hydrogens is 498 g/mol. The minimum atomic E-state index is -4.36. The standard InChI is InChI=1S/C20H22F3N3O2.HI/c1-27-15-6-7-17(28-2)16(11-15)26-18(24)25-12-19(8-9-19)13-4-3-5-14(10-13)20(21,22)23;/h3-7,10-11H,8-9,12H2,1-2H3,(H3,24,25,26);1H. The van der Waals surface area contributed by atoms with Crippen molar-refractivity contribution >= 4 is 35.6 Å². The van der Waals surface area contributed by atoms with Crippen LogP contribution < -0.4 is 20.5 Å². The molecule has 158 valence electrons. The van der Waals surface area contributed by atoms with E-state index in [9.17, 15) is 13.2 Å². The van der Waals surface area contributed by atoms with Gasteiger partial charge in [0, 0.05) is 11.5 Å². The highest BCUT2D eigenvalue weighted by atomic mass is 127. The van der Waals surface area contributed by atoms with Crippen molar-refractivity contribution in [2.75, 3.05) is 26.1 Å². The second-order valence-corrected chi connectivity index (χ2v) is 6.75. The Labute approximate surface area is 184 Å². The number of nitrogens with one attached hydrogen (secondary N) is 1. The summed E-state index contributed by atoms with van der Waals surface area (Å²) in [5.74, 6) is 1.35. The number of hydrogen-bond acceptors (Lipinski definition) is 3. The Morgan fingerprint density at radius 2 is 1.86 bits per heavy atom. The Bertz CT molecular complexity index is 884. The lowest BCUT2D eigenvalue weighted by molar-refractivity contribution is -0.137. The molecular formula is C20H23F3IN3O2. The molecule has 0 heterocycles. The number of ether oxygens (including phenoxy) is 2. The van der Waals surface area contributed by atoms with E-state index in [1.807, 2.05) is 0 Å². The summed E-state index contributed by atoms with van der Waals surface area (Å²) >= 11 is 0. The molecule has 5 nitrogen and oxygen atoms in total. The number of nitrogens with zero attached hydrogens (tertiary/aromatic N) is 1. The van der Waals surface area contributed by atoms with Crippen LogP contribution in [-0.2, 0) is 11.6 Å². The first-order chi connectivity index (χ1) is 13.3. The van der Waals surface area contributed by atoms with Gasteiger partial charge in [0.15, 0.2) is 5.96 Å². The van der Waals surface area contributed by atoms with Gasteiger partial charge in [-0.1, -0.05) is 18.2 Å². The van der Waals surface area contributed by atoms with E-state index in [0.29, 0.717) is 29.3 Å². The molecule has 3 N–H and O–H groups in total. The molecule has 0 radical (unpaired) electrons. The van der Waals surface area contributed by atoms with E-state index in [2.05, 4.69) is 10.3 Å². The monoisotopic (exact) mass is 521 g/mol. The van der Waals surface area contributed by atoms with E-state index in [-0.39, 0.29) is 29.9 Å². The minimum absolute atomic E-state index is 0. The van der Waals surface area contributed by atoms with E-state index < -0.39 is 17.2 Å². The van der Waals surface area contributed by atoms with Gasteiger partial charge in [0.05, 0.1) is 32.0 Å². The summed E-state index contributed by atoms with van der Waals surface area (Å²) in [7, 11) is 3.09. The average molecular weight is 521 g/mol. The van der Waals surface area contributed by atoms with Crippen LogP contribution >= 0.6 is 24.0 Å². The molecule has 0 saturated heterocycles. The first-order valence-electron chi connectivity index (χ1n) is 8.74. The molecule has 1 fully saturated rings. The van der Waals surface area contributed by atoms with Gasteiger partial charge >= 0.3 is 6.18 Å². The van der Waals surface area contributed by atoms with Gasteiger partial charge in [0.2, 0.25) is 0 Å². The van der Waals surface area contributed by atoms with Crippen LogP contribution in [0.5, 0.6) is 11.5 Å². The van der Waals surface area contributed by atoms with Crippen molar-refractivity contribution in [2.45, 2.75) is 24.4 Å². The lowest BCUT2D eigenvalue weighted by Crippen LogP contribution is -2.25. The minimum Gasteiger partial charge on any atom is -0.497 e. The number of aliphatic imine (C=N–C) groups is 1. The highest BCUT2D eigenvalue weighted by Crippen LogP contribution is 2.49. The zero-order chi connectivity index (χ0) is 20.4. The van der Waals surface area contributed by atoms with E-state index in [0.717, 1.165) is 18.9 Å². The van der Waals surface area contributed by atoms with Gasteiger partial charge in [0.25, 0.3) is 0 Å². The molecule has 2 aromatic carbocycles. The van der Waals surface area contributed by atoms with E-state index in [4.69, 9.17) is 15.2 Å². The van der Waals surface area contributed by atoms with Crippen molar-refractivity contribution < 1.29 is 22.6 Å². The van der Waals surface area contributed by atoms with Crippen LogP contribution in [0.3, 0.4) is 0 Å². The maximum atomic E-state index is 13.0. The molecule has 1 aliphatic carbocycles. The number of anilines is 1. The van der Waals surface area contributed by atoms with Gasteiger partial charge in [-0.2, -0.15) is 13.2 Å². The molecule has 9 heteroatoms. The third-order valence-electron chi connectivity index (χ3n) is 4.88. The quantitative estimate of drug-likeness (QED) is 0.326. The molecule has 3 rings (SSSR count). The van der Waals surface area contributed by atoms with Crippen LogP contribution in [0.15, 0.2) is 47.5 Å². The lowest BCUT2D eigenvalue weighted by Gasteiger charge is -2.17. The first kappa shape index (κ1) is 23.1. The van der Waals surface area contributed by atoms with Crippen LogP contribution in [0.1, 0.15) is 24.0 Å². The maximum Gasteiger partial charge on any atom is 0.416 e. The summed E-state index contributed by atoms with van der Waals surface area (Å²) in [4.78, 5) is 4.36. The Hall–Kier alpha value is -2.17. The van der Waals surface area contributed by atoms with E-state index in [1.54, 1.807) is 31.4 Å². The highest BCUT2D eigenvalue weighted by Gasteiger charge is 2.45. The molecule has 2 aromatic rings. The molecule has 0 bridgehead atoms. The van der Waals surface area contributed by atoms with Crippen molar-refractivity contribution in [1.82, 2.24) is 0 Å². The summed E-state index contributed by atoms with van der Waals surface area (Å²) < 4.78 is 49.4. The molecule has 1 aliphatic rings. The maximum absolute atomic E-state index is 13.0.